The van der Waals surface area contributed by atoms with Crippen molar-refractivity contribution in [3.8, 4) is 5.88 Å². The zero-order chi connectivity index (χ0) is 15.2. The van der Waals surface area contributed by atoms with Crippen molar-refractivity contribution < 1.29 is 14.8 Å². The Bertz CT molecular complexity index is 455. The van der Waals surface area contributed by atoms with Crippen molar-refractivity contribution in [2.75, 3.05) is 25.6 Å². The Balaban J connectivity index is 3.01. The van der Waals surface area contributed by atoms with E-state index < -0.39 is 4.92 Å². The van der Waals surface area contributed by atoms with Crippen LogP contribution < -0.4 is 10.1 Å². The zero-order valence-corrected chi connectivity index (χ0v) is 11.9. The molecule has 8 heteroatoms. The minimum Gasteiger partial charge on any atom is -0.476 e. The fraction of sp³-hybridized carbons (Fsp3) is 0.667. The Labute approximate surface area is 117 Å². The van der Waals surface area contributed by atoms with Crippen molar-refractivity contribution in [2.24, 2.45) is 5.41 Å². The van der Waals surface area contributed by atoms with Crippen LogP contribution in [-0.4, -0.2) is 40.3 Å². The molecule has 0 spiro atoms. The lowest BCUT2D eigenvalue weighted by Gasteiger charge is -2.29. The molecule has 0 radical (unpaired) electrons. The highest BCUT2D eigenvalue weighted by Gasteiger charge is 2.29. The van der Waals surface area contributed by atoms with Crippen molar-refractivity contribution in [2.45, 2.75) is 26.7 Å². The van der Waals surface area contributed by atoms with Crippen LogP contribution in [0.25, 0.3) is 0 Å². The summed E-state index contributed by atoms with van der Waals surface area (Å²) in [4.78, 5) is 18.1. The van der Waals surface area contributed by atoms with Gasteiger partial charge in [0.1, 0.15) is 6.33 Å². The average Bonchev–Trinajstić information content (AvgIpc) is 2.48. The molecule has 0 saturated carbocycles. The normalized spacial score (nSPS) is 11.2. The second-order valence-electron chi connectivity index (χ2n) is 4.56. The van der Waals surface area contributed by atoms with Gasteiger partial charge >= 0.3 is 5.69 Å². The minimum atomic E-state index is -0.584. The molecule has 0 aliphatic carbocycles. The van der Waals surface area contributed by atoms with Crippen LogP contribution in [0.1, 0.15) is 26.7 Å². The van der Waals surface area contributed by atoms with E-state index in [9.17, 15) is 15.2 Å². The van der Waals surface area contributed by atoms with Crippen molar-refractivity contribution >= 4 is 11.5 Å². The first kappa shape index (κ1) is 16.1. The topological polar surface area (TPSA) is 110 Å². The van der Waals surface area contributed by atoms with Gasteiger partial charge in [-0.15, -0.1) is 0 Å². The van der Waals surface area contributed by atoms with E-state index in [-0.39, 0.29) is 29.4 Å². The molecule has 1 aromatic heterocycles. The molecule has 0 aromatic carbocycles. The molecule has 0 amide bonds. The van der Waals surface area contributed by atoms with E-state index in [1.807, 2.05) is 13.8 Å². The number of aromatic nitrogens is 2. The zero-order valence-electron chi connectivity index (χ0n) is 11.9. The summed E-state index contributed by atoms with van der Waals surface area (Å²) >= 11 is 0. The standard InChI is InChI=1S/C12H20N4O4/c1-4-12(5-2,7-17)6-13-10-9(16(18)19)11(20-3)15-8-14-10/h8,17H,4-7H2,1-3H3,(H,13,14,15). The maximum atomic E-state index is 11.1. The van der Waals surface area contributed by atoms with Gasteiger partial charge in [0, 0.05) is 12.0 Å². The summed E-state index contributed by atoms with van der Waals surface area (Å²) < 4.78 is 4.88. The first-order valence-corrected chi connectivity index (χ1v) is 6.41. The van der Waals surface area contributed by atoms with E-state index >= 15 is 0 Å². The summed E-state index contributed by atoms with van der Waals surface area (Å²) in [5, 5.41) is 23.5. The smallest absolute Gasteiger partial charge is 0.372 e. The molecule has 20 heavy (non-hydrogen) atoms. The van der Waals surface area contributed by atoms with Crippen LogP contribution in [-0.2, 0) is 0 Å². The van der Waals surface area contributed by atoms with Crippen LogP contribution in [0.5, 0.6) is 5.88 Å². The number of nitrogens with zero attached hydrogens (tertiary/aromatic N) is 3. The summed E-state index contributed by atoms with van der Waals surface area (Å²) in [6.45, 7) is 4.33. The predicted octanol–water partition coefficient (Wildman–Crippen LogP) is 1.60. The minimum absolute atomic E-state index is 0.00299. The molecule has 1 aromatic rings. The summed E-state index contributed by atoms with van der Waals surface area (Å²) in [5.41, 5.74) is -0.625. The molecule has 0 bridgehead atoms. The van der Waals surface area contributed by atoms with Crippen LogP contribution >= 0.6 is 0 Å². The van der Waals surface area contributed by atoms with Gasteiger partial charge in [-0.1, -0.05) is 13.8 Å². The fourth-order valence-corrected chi connectivity index (χ4v) is 1.86. The Kier molecular flexibility index (Phi) is 5.63. The number of aliphatic hydroxyl groups is 1. The van der Waals surface area contributed by atoms with Gasteiger partial charge in [0.2, 0.25) is 5.82 Å². The molecule has 0 atom stereocenters. The molecular weight excluding hydrogens is 264 g/mol. The lowest BCUT2D eigenvalue weighted by molar-refractivity contribution is -0.385. The summed E-state index contributed by atoms with van der Waals surface area (Å²) in [6.07, 6.45) is 2.71. The average molecular weight is 284 g/mol. The number of methoxy groups -OCH3 is 1. The summed E-state index contributed by atoms with van der Waals surface area (Å²) in [7, 11) is 1.31. The number of aliphatic hydroxyl groups excluding tert-OH is 1. The monoisotopic (exact) mass is 284 g/mol. The van der Waals surface area contributed by atoms with E-state index in [1.165, 1.54) is 13.4 Å². The van der Waals surface area contributed by atoms with Crippen molar-refractivity contribution in [3.05, 3.63) is 16.4 Å². The van der Waals surface area contributed by atoms with Gasteiger partial charge in [-0.3, -0.25) is 10.1 Å². The number of anilines is 1. The molecule has 0 fully saturated rings. The predicted molar refractivity (Wildman–Crippen MR) is 73.8 cm³/mol. The molecular formula is C12H20N4O4. The molecule has 8 nitrogen and oxygen atoms in total. The highest BCUT2D eigenvalue weighted by molar-refractivity contribution is 5.61. The van der Waals surface area contributed by atoms with Crippen molar-refractivity contribution in [1.29, 1.82) is 0 Å². The number of nitro groups is 1. The van der Waals surface area contributed by atoms with Gasteiger partial charge in [0.05, 0.1) is 18.6 Å². The molecule has 0 aliphatic heterocycles. The Morgan fingerprint density at radius 3 is 2.55 bits per heavy atom. The summed E-state index contributed by atoms with van der Waals surface area (Å²) in [6, 6.07) is 0. The number of rotatable bonds is 8. The van der Waals surface area contributed by atoms with Gasteiger partial charge in [-0.25, -0.2) is 4.98 Å². The molecule has 2 N–H and O–H groups in total. The maximum Gasteiger partial charge on any atom is 0.372 e. The molecule has 1 heterocycles. The summed E-state index contributed by atoms with van der Waals surface area (Å²) in [5.74, 6) is 0.0108. The maximum absolute atomic E-state index is 11.1. The highest BCUT2D eigenvalue weighted by atomic mass is 16.6. The quantitative estimate of drug-likeness (QED) is 0.551. The molecule has 0 unspecified atom stereocenters. The Hall–Kier alpha value is -1.96. The first-order valence-electron chi connectivity index (χ1n) is 6.41. The lowest BCUT2D eigenvalue weighted by atomic mass is 9.83. The largest absolute Gasteiger partial charge is 0.476 e. The van der Waals surface area contributed by atoms with Crippen LogP contribution in [0.3, 0.4) is 0 Å². The number of hydrogen-bond donors (Lipinski definition) is 2. The van der Waals surface area contributed by atoms with Gasteiger partial charge in [0.25, 0.3) is 5.88 Å². The highest BCUT2D eigenvalue weighted by Crippen LogP contribution is 2.32. The molecule has 0 saturated heterocycles. The van der Waals surface area contributed by atoms with E-state index in [2.05, 4.69) is 15.3 Å². The van der Waals surface area contributed by atoms with Crippen LogP contribution in [0.15, 0.2) is 6.33 Å². The van der Waals surface area contributed by atoms with E-state index in [0.717, 1.165) is 12.8 Å². The van der Waals surface area contributed by atoms with E-state index in [4.69, 9.17) is 4.74 Å². The van der Waals surface area contributed by atoms with E-state index in [1.54, 1.807) is 0 Å². The molecule has 112 valence electrons. The second-order valence-corrected chi connectivity index (χ2v) is 4.56. The third-order valence-electron chi connectivity index (χ3n) is 3.63. The van der Waals surface area contributed by atoms with Gasteiger partial charge in [-0.05, 0) is 12.8 Å². The lowest BCUT2D eigenvalue weighted by Crippen LogP contribution is -2.32. The SMILES string of the molecule is CCC(CC)(CO)CNc1ncnc(OC)c1[N+](=O)[O-]. The third kappa shape index (κ3) is 3.32. The molecule has 1 rings (SSSR count). The number of hydrogen-bond acceptors (Lipinski definition) is 7. The van der Waals surface area contributed by atoms with Gasteiger partial charge in [-0.2, -0.15) is 4.98 Å². The van der Waals surface area contributed by atoms with Crippen LogP contribution in [0.2, 0.25) is 0 Å². The van der Waals surface area contributed by atoms with E-state index in [0.29, 0.717) is 6.54 Å². The van der Waals surface area contributed by atoms with Crippen molar-refractivity contribution in [3.63, 3.8) is 0 Å². The first-order chi connectivity index (χ1) is 9.53. The molecule has 0 aliphatic rings. The second kappa shape index (κ2) is 6.99. The number of nitrogens with one attached hydrogen (secondary N) is 1. The van der Waals surface area contributed by atoms with Gasteiger partial charge in [0.15, 0.2) is 0 Å². The van der Waals surface area contributed by atoms with Crippen LogP contribution in [0.4, 0.5) is 11.5 Å². The van der Waals surface area contributed by atoms with Crippen LogP contribution in [0, 0.1) is 15.5 Å². The Morgan fingerprint density at radius 2 is 2.10 bits per heavy atom. The third-order valence-corrected chi connectivity index (χ3v) is 3.63. The number of ether oxygens (including phenoxy) is 1. The van der Waals surface area contributed by atoms with Crippen molar-refractivity contribution in [1.82, 2.24) is 9.97 Å². The van der Waals surface area contributed by atoms with Gasteiger partial charge < -0.3 is 15.2 Å². The Morgan fingerprint density at radius 1 is 1.45 bits per heavy atom. The fourth-order valence-electron chi connectivity index (χ4n) is 1.86.